The number of hydrogen-bond acceptors (Lipinski definition) is 4. The Morgan fingerprint density at radius 3 is 1.29 bits per heavy atom. The zero-order valence-electron chi connectivity index (χ0n) is 30.4. The highest BCUT2D eigenvalue weighted by Crippen LogP contribution is 2.39. The van der Waals surface area contributed by atoms with Gasteiger partial charge in [0.15, 0.2) is 17.5 Å². The summed E-state index contributed by atoms with van der Waals surface area (Å²) >= 11 is 0. The van der Waals surface area contributed by atoms with Crippen molar-refractivity contribution >= 4 is 21.7 Å². The summed E-state index contributed by atoms with van der Waals surface area (Å²) in [5.41, 5.74) is 12.8. The normalized spacial score (nSPS) is 11.2. The standard InChI is InChI=1S/C52H34N4/c1-4-14-35(15-5-1)36-26-30-40(31-27-36)51-54-50(39-18-8-3-9-19-39)55-52(56-51)41-32-28-37(29-33-41)42-20-12-21-43(34-42)44-23-13-24-46-48(44)45-22-10-11-25-47(45)53-49(46)38-16-6-2-7-17-38/h1-34H. The number of aromatic nitrogens is 4. The predicted octanol–water partition coefficient (Wildman–Crippen LogP) is 13.2. The van der Waals surface area contributed by atoms with Crippen LogP contribution in [0.15, 0.2) is 206 Å². The van der Waals surface area contributed by atoms with Gasteiger partial charge in [-0.15, -0.1) is 0 Å². The van der Waals surface area contributed by atoms with Gasteiger partial charge >= 0.3 is 0 Å². The second kappa shape index (κ2) is 14.3. The average Bonchev–Trinajstić information content (AvgIpc) is 3.29. The van der Waals surface area contributed by atoms with Gasteiger partial charge in [0, 0.05) is 38.4 Å². The second-order valence-corrected chi connectivity index (χ2v) is 13.8. The molecule has 0 amide bonds. The van der Waals surface area contributed by atoms with Gasteiger partial charge in [-0.3, -0.25) is 0 Å². The third-order valence-electron chi connectivity index (χ3n) is 10.3. The fraction of sp³-hybridized carbons (Fsp3) is 0. The van der Waals surface area contributed by atoms with Crippen molar-refractivity contribution in [3.05, 3.63) is 206 Å². The van der Waals surface area contributed by atoms with Crippen molar-refractivity contribution in [2.75, 3.05) is 0 Å². The molecule has 8 aromatic carbocycles. The van der Waals surface area contributed by atoms with Crippen molar-refractivity contribution in [3.8, 4) is 78.8 Å². The lowest BCUT2D eigenvalue weighted by atomic mass is 9.91. The minimum absolute atomic E-state index is 0.631. The molecule has 0 aliphatic carbocycles. The minimum atomic E-state index is 0.631. The molecule has 10 rings (SSSR count). The summed E-state index contributed by atoms with van der Waals surface area (Å²) in [5, 5.41) is 3.49. The van der Waals surface area contributed by atoms with Gasteiger partial charge in [0.1, 0.15) is 0 Å². The molecule has 4 heteroatoms. The molecule has 4 nitrogen and oxygen atoms in total. The van der Waals surface area contributed by atoms with E-state index in [9.17, 15) is 0 Å². The Balaban J connectivity index is 1.03. The molecule has 0 radical (unpaired) electrons. The first-order chi connectivity index (χ1) is 27.7. The highest BCUT2D eigenvalue weighted by Gasteiger charge is 2.16. The zero-order valence-corrected chi connectivity index (χ0v) is 30.4. The van der Waals surface area contributed by atoms with E-state index in [4.69, 9.17) is 19.9 Å². The van der Waals surface area contributed by atoms with E-state index < -0.39 is 0 Å². The van der Waals surface area contributed by atoms with Crippen LogP contribution in [0.1, 0.15) is 0 Å². The Kier molecular flexibility index (Phi) is 8.47. The van der Waals surface area contributed by atoms with Gasteiger partial charge < -0.3 is 0 Å². The summed E-state index contributed by atoms with van der Waals surface area (Å²) in [4.78, 5) is 20.1. The molecule has 0 bridgehead atoms. The topological polar surface area (TPSA) is 51.6 Å². The molecule has 0 saturated heterocycles. The monoisotopic (exact) mass is 714 g/mol. The largest absolute Gasteiger partial charge is 0.247 e. The smallest absolute Gasteiger partial charge is 0.164 e. The number of rotatable bonds is 7. The number of fused-ring (bicyclic) bond motifs is 3. The molecule has 0 atom stereocenters. The van der Waals surface area contributed by atoms with E-state index in [-0.39, 0.29) is 0 Å². The fourth-order valence-corrected chi connectivity index (χ4v) is 7.53. The summed E-state index contributed by atoms with van der Waals surface area (Å²) in [6.45, 7) is 0. The van der Waals surface area contributed by atoms with Gasteiger partial charge in [-0.2, -0.15) is 0 Å². The highest BCUT2D eigenvalue weighted by molar-refractivity contribution is 6.17. The quantitative estimate of drug-likeness (QED) is 0.154. The van der Waals surface area contributed by atoms with Crippen molar-refractivity contribution in [1.29, 1.82) is 0 Å². The van der Waals surface area contributed by atoms with Crippen molar-refractivity contribution in [2.24, 2.45) is 0 Å². The minimum Gasteiger partial charge on any atom is -0.247 e. The van der Waals surface area contributed by atoms with Gasteiger partial charge in [-0.25, -0.2) is 19.9 Å². The SMILES string of the molecule is c1ccc(-c2ccc(-c3nc(-c4ccccc4)nc(-c4ccc(-c5cccc(-c6cccc7c(-c8ccccc8)nc8ccccc8c67)c5)cc4)n3)cc2)cc1. The molecule has 0 spiro atoms. The molecule has 0 saturated carbocycles. The number of hydrogen-bond donors (Lipinski definition) is 0. The summed E-state index contributed by atoms with van der Waals surface area (Å²) < 4.78 is 0. The van der Waals surface area contributed by atoms with Crippen LogP contribution in [0.4, 0.5) is 0 Å². The molecule has 0 unspecified atom stereocenters. The maximum Gasteiger partial charge on any atom is 0.164 e. The van der Waals surface area contributed by atoms with E-state index in [1.807, 2.05) is 42.5 Å². The van der Waals surface area contributed by atoms with E-state index in [1.54, 1.807) is 0 Å². The lowest BCUT2D eigenvalue weighted by molar-refractivity contribution is 1.07. The van der Waals surface area contributed by atoms with Gasteiger partial charge in [-0.1, -0.05) is 194 Å². The van der Waals surface area contributed by atoms with Gasteiger partial charge in [0.2, 0.25) is 0 Å². The van der Waals surface area contributed by atoms with Crippen LogP contribution >= 0.6 is 0 Å². The van der Waals surface area contributed by atoms with Gasteiger partial charge in [-0.05, 0) is 45.5 Å². The summed E-state index contributed by atoms with van der Waals surface area (Å²) in [5.74, 6) is 1.91. The Hall–Kier alpha value is -7.56. The summed E-state index contributed by atoms with van der Waals surface area (Å²) in [6, 6.07) is 71.7. The third-order valence-corrected chi connectivity index (χ3v) is 10.3. The maximum atomic E-state index is 5.15. The maximum absolute atomic E-state index is 5.15. The molecule has 56 heavy (non-hydrogen) atoms. The lowest BCUT2D eigenvalue weighted by Gasteiger charge is -2.15. The van der Waals surface area contributed by atoms with Gasteiger partial charge in [0.25, 0.3) is 0 Å². The van der Waals surface area contributed by atoms with E-state index in [1.165, 1.54) is 16.5 Å². The molecule has 2 aromatic heterocycles. The number of benzene rings is 8. The first kappa shape index (κ1) is 33.0. The summed E-state index contributed by atoms with van der Waals surface area (Å²) in [7, 11) is 0. The second-order valence-electron chi connectivity index (χ2n) is 13.8. The molecule has 262 valence electrons. The molecule has 10 aromatic rings. The zero-order chi connectivity index (χ0) is 37.3. The van der Waals surface area contributed by atoms with Crippen molar-refractivity contribution < 1.29 is 0 Å². The first-order valence-corrected chi connectivity index (χ1v) is 18.8. The van der Waals surface area contributed by atoms with Crippen LogP contribution in [0.2, 0.25) is 0 Å². The van der Waals surface area contributed by atoms with Crippen LogP contribution in [-0.2, 0) is 0 Å². The summed E-state index contributed by atoms with van der Waals surface area (Å²) in [6.07, 6.45) is 0. The fourth-order valence-electron chi connectivity index (χ4n) is 7.53. The van der Waals surface area contributed by atoms with Crippen LogP contribution in [0, 0.1) is 0 Å². The molecule has 0 fully saturated rings. The third kappa shape index (κ3) is 6.29. The van der Waals surface area contributed by atoms with E-state index in [2.05, 4.69) is 164 Å². The average molecular weight is 715 g/mol. The highest BCUT2D eigenvalue weighted by atomic mass is 15.0. The molecule has 0 aliphatic heterocycles. The van der Waals surface area contributed by atoms with Crippen LogP contribution in [0.3, 0.4) is 0 Å². The molecule has 2 heterocycles. The van der Waals surface area contributed by atoms with Gasteiger partial charge in [0.05, 0.1) is 11.2 Å². The van der Waals surface area contributed by atoms with E-state index in [0.29, 0.717) is 17.5 Å². The Morgan fingerprint density at radius 1 is 0.250 bits per heavy atom. The lowest BCUT2D eigenvalue weighted by Crippen LogP contribution is -2.00. The Morgan fingerprint density at radius 2 is 0.661 bits per heavy atom. The van der Waals surface area contributed by atoms with Crippen LogP contribution in [0.25, 0.3) is 100 Å². The van der Waals surface area contributed by atoms with Crippen LogP contribution < -0.4 is 0 Å². The predicted molar refractivity (Wildman–Crippen MR) is 231 cm³/mol. The van der Waals surface area contributed by atoms with Crippen LogP contribution in [-0.4, -0.2) is 19.9 Å². The molecule has 0 N–H and O–H groups in total. The molecular formula is C52H34N4. The molecular weight excluding hydrogens is 681 g/mol. The van der Waals surface area contributed by atoms with Crippen molar-refractivity contribution in [3.63, 3.8) is 0 Å². The van der Waals surface area contributed by atoms with E-state index in [0.717, 1.165) is 66.5 Å². The van der Waals surface area contributed by atoms with Crippen molar-refractivity contribution in [2.45, 2.75) is 0 Å². The van der Waals surface area contributed by atoms with Crippen molar-refractivity contribution in [1.82, 2.24) is 19.9 Å². The van der Waals surface area contributed by atoms with E-state index >= 15 is 0 Å². The Labute approximate surface area is 325 Å². The first-order valence-electron chi connectivity index (χ1n) is 18.8. The Bertz CT molecular complexity index is 2980. The number of nitrogens with zero attached hydrogens (tertiary/aromatic N) is 4. The van der Waals surface area contributed by atoms with Crippen LogP contribution in [0.5, 0.6) is 0 Å². The number of para-hydroxylation sites is 1. The molecule has 0 aliphatic rings. The number of pyridine rings is 1.